The minimum absolute atomic E-state index is 0.0670. The maximum absolute atomic E-state index is 12.2. The maximum Gasteiger partial charge on any atom is 0.471 e. The van der Waals surface area contributed by atoms with Crippen molar-refractivity contribution < 1.29 is 32.3 Å². The molecule has 8 heteroatoms. The Labute approximate surface area is 103 Å². The van der Waals surface area contributed by atoms with Gasteiger partial charge in [-0.25, -0.2) is 4.79 Å². The van der Waals surface area contributed by atoms with E-state index >= 15 is 0 Å². The van der Waals surface area contributed by atoms with Gasteiger partial charge in [-0.2, -0.15) is 13.2 Å². The molecule has 0 unspecified atom stereocenters. The van der Waals surface area contributed by atoms with Crippen molar-refractivity contribution >= 4 is 28.5 Å². The zero-order valence-electron chi connectivity index (χ0n) is 9.12. The first kappa shape index (κ1) is 12.9. The van der Waals surface area contributed by atoms with E-state index in [1.165, 1.54) is 29.6 Å². The van der Waals surface area contributed by atoms with E-state index in [1.54, 1.807) is 0 Å². The van der Waals surface area contributed by atoms with Crippen molar-refractivity contribution in [2.45, 2.75) is 6.18 Å². The topological polar surface area (TPSA) is 79.5 Å². The summed E-state index contributed by atoms with van der Waals surface area (Å²) in [5, 5.41) is 10.5. The summed E-state index contributed by atoms with van der Waals surface area (Å²) in [6, 6.07) is 5.72. The fourth-order valence-electron chi connectivity index (χ4n) is 1.50. The molecule has 19 heavy (non-hydrogen) atoms. The van der Waals surface area contributed by atoms with Gasteiger partial charge >= 0.3 is 18.1 Å². The highest BCUT2D eigenvalue weighted by Gasteiger charge is 2.40. The Hall–Kier alpha value is -2.51. The number of para-hydroxylation sites is 1. The fourth-order valence-corrected chi connectivity index (χ4v) is 1.50. The number of alkyl halides is 3. The van der Waals surface area contributed by atoms with Crippen LogP contribution in [-0.2, 0) is 4.79 Å². The molecule has 2 N–H and O–H groups in total. The van der Waals surface area contributed by atoms with Crippen LogP contribution >= 0.6 is 0 Å². The molecule has 1 aromatic heterocycles. The highest BCUT2D eigenvalue weighted by Crippen LogP contribution is 2.32. The third kappa shape index (κ3) is 2.37. The summed E-state index contributed by atoms with van der Waals surface area (Å²) in [5.74, 6) is -4.59. The van der Waals surface area contributed by atoms with Gasteiger partial charge in [-0.3, -0.25) is 4.79 Å². The van der Waals surface area contributed by atoms with Crippen molar-refractivity contribution in [3.8, 4) is 0 Å². The van der Waals surface area contributed by atoms with E-state index in [0.29, 0.717) is 0 Å². The van der Waals surface area contributed by atoms with Crippen LogP contribution in [0.5, 0.6) is 0 Å². The van der Waals surface area contributed by atoms with Gasteiger partial charge in [-0.1, -0.05) is 12.1 Å². The summed E-state index contributed by atoms with van der Waals surface area (Å²) in [6.45, 7) is 0. The first-order valence-electron chi connectivity index (χ1n) is 4.93. The second kappa shape index (κ2) is 4.30. The molecule has 0 saturated carbocycles. The van der Waals surface area contributed by atoms with Gasteiger partial charge in [0.15, 0.2) is 0 Å². The summed E-state index contributed by atoms with van der Waals surface area (Å²) in [4.78, 5) is 21.8. The first-order valence-corrected chi connectivity index (χ1v) is 4.93. The Morgan fingerprint density at radius 3 is 2.42 bits per heavy atom. The second-order valence-corrected chi connectivity index (χ2v) is 3.56. The highest BCUT2D eigenvalue weighted by atomic mass is 19.4. The Balaban J connectivity index is 2.54. The average Bonchev–Trinajstić information content (AvgIpc) is 2.67. The van der Waals surface area contributed by atoms with Crippen LogP contribution in [0.1, 0.15) is 10.6 Å². The number of anilines is 1. The summed E-state index contributed by atoms with van der Waals surface area (Å²) < 4.78 is 41.4. The molecule has 0 bridgehead atoms. The van der Waals surface area contributed by atoms with Crippen LogP contribution in [-0.4, -0.2) is 23.2 Å². The number of carbonyl (C=O) groups excluding carboxylic acids is 1. The SMILES string of the molecule is O=C(O)c1oc2ccccc2c1NC(=O)C(F)(F)F. The summed E-state index contributed by atoms with van der Waals surface area (Å²) in [5.41, 5.74) is -0.442. The molecule has 0 aliphatic carbocycles. The number of carbonyl (C=O) groups is 2. The van der Waals surface area contributed by atoms with Crippen LogP contribution in [0.15, 0.2) is 28.7 Å². The van der Waals surface area contributed by atoms with Gasteiger partial charge in [0.05, 0.1) is 0 Å². The number of carboxylic acids is 1. The molecule has 1 amide bonds. The number of hydrogen-bond acceptors (Lipinski definition) is 3. The van der Waals surface area contributed by atoms with Crippen LogP contribution in [0.4, 0.5) is 18.9 Å². The Morgan fingerprint density at radius 2 is 1.84 bits per heavy atom. The van der Waals surface area contributed by atoms with E-state index in [0.717, 1.165) is 0 Å². The molecule has 1 aromatic carbocycles. The van der Waals surface area contributed by atoms with E-state index in [4.69, 9.17) is 9.52 Å². The van der Waals surface area contributed by atoms with Gasteiger partial charge in [0, 0.05) is 5.39 Å². The predicted octanol–water partition coefficient (Wildman–Crippen LogP) is 2.63. The lowest BCUT2D eigenvalue weighted by Gasteiger charge is -2.06. The van der Waals surface area contributed by atoms with E-state index in [2.05, 4.69) is 0 Å². The molecule has 1 heterocycles. The first-order chi connectivity index (χ1) is 8.80. The van der Waals surface area contributed by atoms with Crippen LogP contribution in [0.3, 0.4) is 0 Å². The minimum atomic E-state index is -5.12. The lowest BCUT2D eigenvalue weighted by atomic mass is 10.2. The van der Waals surface area contributed by atoms with Crippen LogP contribution in [0, 0.1) is 0 Å². The van der Waals surface area contributed by atoms with E-state index < -0.39 is 29.5 Å². The van der Waals surface area contributed by atoms with E-state index in [9.17, 15) is 22.8 Å². The number of aromatic carboxylic acids is 1. The Kier molecular flexibility index (Phi) is 2.93. The monoisotopic (exact) mass is 273 g/mol. The number of carboxylic acid groups (broad SMARTS) is 1. The molecule has 0 aliphatic heterocycles. The molecule has 0 radical (unpaired) electrons. The zero-order valence-corrected chi connectivity index (χ0v) is 9.12. The molecule has 0 saturated heterocycles. The molecular formula is C11H6F3NO4. The number of nitrogens with one attached hydrogen (secondary N) is 1. The van der Waals surface area contributed by atoms with Crippen LogP contribution in [0.2, 0.25) is 0 Å². The number of amides is 1. The smallest absolute Gasteiger partial charge is 0.471 e. The third-order valence-corrected chi connectivity index (χ3v) is 2.29. The number of furan rings is 1. The molecule has 0 aliphatic rings. The van der Waals surface area contributed by atoms with Gasteiger partial charge < -0.3 is 14.8 Å². The van der Waals surface area contributed by atoms with Gasteiger partial charge in [0.25, 0.3) is 0 Å². The third-order valence-electron chi connectivity index (χ3n) is 2.29. The van der Waals surface area contributed by atoms with Crippen molar-refractivity contribution in [2.75, 3.05) is 5.32 Å². The number of halogens is 3. The lowest BCUT2D eigenvalue weighted by molar-refractivity contribution is -0.167. The van der Waals surface area contributed by atoms with E-state index in [1.807, 2.05) is 0 Å². The van der Waals surface area contributed by atoms with Gasteiger partial charge in [0.2, 0.25) is 5.76 Å². The minimum Gasteiger partial charge on any atom is -0.475 e. The maximum atomic E-state index is 12.2. The molecule has 0 atom stereocenters. The molecular weight excluding hydrogens is 267 g/mol. The second-order valence-electron chi connectivity index (χ2n) is 3.56. The fraction of sp³-hybridized carbons (Fsp3) is 0.0909. The normalized spacial score (nSPS) is 11.5. The highest BCUT2D eigenvalue weighted by molar-refractivity contribution is 6.09. The molecule has 100 valence electrons. The number of benzene rings is 1. The van der Waals surface area contributed by atoms with Crippen LogP contribution < -0.4 is 5.32 Å². The Bertz CT molecular complexity index is 659. The van der Waals surface area contributed by atoms with Crippen molar-refractivity contribution in [3.63, 3.8) is 0 Å². The molecule has 0 fully saturated rings. The molecule has 5 nitrogen and oxygen atoms in total. The van der Waals surface area contributed by atoms with Crippen molar-refractivity contribution in [1.29, 1.82) is 0 Å². The van der Waals surface area contributed by atoms with Gasteiger partial charge in [-0.05, 0) is 12.1 Å². The molecule has 0 spiro atoms. The quantitative estimate of drug-likeness (QED) is 0.881. The van der Waals surface area contributed by atoms with Gasteiger partial charge in [0.1, 0.15) is 11.3 Å². The molecule has 2 rings (SSSR count). The number of hydrogen-bond donors (Lipinski definition) is 2. The lowest BCUT2D eigenvalue weighted by Crippen LogP contribution is -2.30. The standard InChI is InChI=1S/C11H6F3NO4/c12-11(13,14)10(18)15-7-5-3-1-2-4-6(5)19-8(7)9(16)17/h1-4H,(H,15,18)(H,16,17). The number of rotatable bonds is 2. The van der Waals surface area contributed by atoms with Crippen molar-refractivity contribution in [3.05, 3.63) is 30.0 Å². The summed E-state index contributed by atoms with van der Waals surface area (Å²) in [6.07, 6.45) is -5.12. The van der Waals surface area contributed by atoms with Crippen molar-refractivity contribution in [2.24, 2.45) is 0 Å². The Morgan fingerprint density at radius 1 is 1.21 bits per heavy atom. The summed E-state index contributed by atoms with van der Waals surface area (Å²) in [7, 11) is 0. The zero-order chi connectivity index (χ0) is 14.2. The van der Waals surface area contributed by atoms with Crippen LogP contribution in [0.25, 0.3) is 11.0 Å². The molecule has 2 aromatic rings. The average molecular weight is 273 g/mol. The number of fused-ring (bicyclic) bond motifs is 1. The van der Waals surface area contributed by atoms with Gasteiger partial charge in [-0.15, -0.1) is 0 Å². The van der Waals surface area contributed by atoms with E-state index in [-0.39, 0.29) is 11.0 Å². The largest absolute Gasteiger partial charge is 0.475 e. The summed E-state index contributed by atoms with van der Waals surface area (Å²) >= 11 is 0. The predicted molar refractivity (Wildman–Crippen MR) is 57.9 cm³/mol. The van der Waals surface area contributed by atoms with Crippen molar-refractivity contribution in [1.82, 2.24) is 0 Å².